The van der Waals surface area contributed by atoms with Crippen LogP contribution in [0, 0.1) is 0 Å². The molecule has 2 rings (SSSR count). The number of anilines is 1. The molecule has 1 amide bonds. The van der Waals surface area contributed by atoms with Crippen LogP contribution in [0.1, 0.15) is 19.4 Å². The maximum absolute atomic E-state index is 12.4. The lowest BCUT2D eigenvalue weighted by molar-refractivity contribution is -0.134. The molecule has 0 fully saturated rings. The van der Waals surface area contributed by atoms with Gasteiger partial charge in [0.05, 0.1) is 6.26 Å². The molecule has 6 nitrogen and oxygen atoms in total. The minimum absolute atomic E-state index is 0.242. The van der Waals surface area contributed by atoms with Crippen molar-refractivity contribution < 1.29 is 17.9 Å². The number of hydrogen-bond acceptors (Lipinski definition) is 4. The van der Waals surface area contributed by atoms with E-state index in [1.54, 1.807) is 62.4 Å². The standard InChI is InChI=1S/C18H21ClN2O4S/c1-18(2,25-16-9-7-14(19)8-10-16)17(22)20-12-13-5-4-6-15(11-13)21-26(3,23)24/h4-11,21H,12H2,1-3H3,(H,20,22). The minimum atomic E-state index is -3.35. The predicted molar refractivity (Wildman–Crippen MR) is 103 cm³/mol. The summed E-state index contributed by atoms with van der Waals surface area (Å²) >= 11 is 5.84. The monoisotopic (exact) mass is 396 g/mol. The van der Waals surface area contributed by atoms with E-state index in [4.69, 9.17) is 16.3 Å². The van der Waals surface area contributed by atoms with Gasteiger partial charge in [0.1, 0.15) is 5.75 Å². The van der Waals surface area contributed by atoms with Gasteiger partial charge in [0.2, 0.25) is 10.0 Å². The summed E-state index contributed by atoms with van der Waals surface area (Å²) < 4.78 is 30.7. The van der Waals surface area contributed by atoms with E-state index < -0.39 is 15.6 Å². The van der Waals surface area contributed by atoms with Gasteiger partial charge >= 0.3 is 0 Å². The van der Waals surface area contributed by atoms with Gasteiger partial charge in [0, 0.05) is 17.3 Å². The number of amides is 1. The lowest BCUT2D eigenvalue weighted by Crippen LogP contribution is -2.46. The normalized spacial score (nSPS) is 11.7. The number of benzene rings is 2. The summed E-state index contributed by atoms with van der Waals surface area (Å²) in [5.41, 5.74) is 0.112. The molecule has 26 heavy (non-hydrogen) atoms. The number of nitrogens with one attached hydrogen (secondary N) is 2. The topological polar surface area (TPSA) is 84.5 Å². The zero-order valence-electron chi connectivity index (χ0n) is 14.7. The third-order valence-electron chi connectivity index (χ3n) is 3.42. The first-order valence-electron chi connectivity index (χ1n) is 7.85. The molecule has 0 saturated carbocycles. The van der Waals surface area contributed by atoms with Crippen LogP contribution in [0.4, 0.5) is 5.69 Å². The lowest BCUT2D eigenvalue weighted by Gasteiger charge is -2.25. The van der Waals surface area contributed by atoms with Gasteiger partial charge in [-0.2, -0.15) is 0 Å². The molecule has 0 atom stereocenters. The van der Waals surface area contributed by atoms with Crippen LogP contribution in [0.3, 0.4) is 0 Å². The maximum Gasteiger partial charge on any atom is 0.263 e. The van der Waals surface area contributed by atoms with Gasteiger partial charge in [-0.25, -0.2) is 8.42 Å². The second-order valence-electron chi connectivity index (χ2n) is 6.32. The zero-order chi connectivity index (χ0) is 19.4. The van der Waals surface area contributed by atoms with Crippen molar-refractivity contribution in [3.63, 3.8) is 0 Å². The minimum Gasteiger partial charge on any atom is -0.478 e. The molecule has 0 bridgehead atoms. The summed E-state index contributed by atoms with van der Waals surface area (Å²) in [6, 6.07) is 13.6. The Balaban J connectivity index is 1.98. The number of carbonyl (C=O) groups is 1. The molecule has 2 aromatic carbocycles. The van der Waals surface area contributed by atoms with E-state index in [1.807, 2.05) is 0 Å². The average molecular weight is 397 g/mol. The van der Waals surface area contributed by atoms with Crippen LogP contribution in [0.2, 0.25) is 5.02 Å². The van der Waals surface area contributed by atoms with Crippen molar-refractivity contribution in [1.82, 2.24) is 5.32 Å². The van der Waals surface area contributed by atoms with Gasteiger partial charge in [-0.05, 0) is 55.8 Å². The first-order chi connectivity index (χ1) is 12.0. The quantitative estimate of drug-likeness (QED) is 0.752. The van der Waals surface area contributed by atoms with Crippen molar-refractivity contribution in [3.05, 3.63) is 59.1 Å². The first kappa shape index (κ1) is 20.1. The Kier molecular flexibility index (Phi) is 6.15. The number of carbonyl (C=O) groups excluding carboxylic acids is 1. The van der Waals surface area contributed by atoms with Crippen molar-refractivity contribution >= 4 is 33.2 Å². The molecule has 0 radical (unpaired) electrons. The van der Waals surface area contributed by atoms with Gasteiger partial charge in [-0.3, -0.25) is 9.52 Å². The molecular weight excluding hydrogens is 376 g/mol. The smallest absolute Gasteiger partial charge is 0.263 e. The second-order valence-corrected chi connectivity index (χ2v) is 8.51. The summed E-state index contributed by atoms with van der Waals surface area (Å²) in [4.78, 5) is 12.4. The molecule has 0 aromatic heterocycles. The van der Waals surface area contributed by atoms with E-state index in [0.29, 0.717) is 16.5 Å². The highest BCUT2D eigenvalue weighted by atomic mass is 35.5. The summed E-state index contributed by atoms with van der Waals surface area (Å²) in [6.07, 6.45) is 1.08. The number of sulfonamides is 1. The molecule has 0 heterocycles. The summed E-state index contributed by atoms with van der Waals surface area (Å²) in [7, 11) is -3.35. The van der Waals surface area contributed by atoms with Crippen LogP contribution in [0.5, 0.6) is 5.75 Å². The van der Waals surface area contributed by atoms with E-state index in [0.717, 1.165) is 11.8 Å². The fourth-order valence-electron chi connectivity index (χ4n) is 2.20. The van der Waals surface area contributed by atoms with E-state index in [9.17, 15) is 13.2 Å². The Morgan fingerprint density at radius 1 is 1.15 bits per heavy atom. The largest absolute Gasteiger partial charge is 0.478 e. The first-order valence-corrected chi connectivity index (χ1v) is 10.1. The second kappa shape index (κ2) is 7.97. The zero-order valence-corrected chi connectivity index (χ0v) is 16.3. The molecule has 2 aromatic rings. The molecule has 0 spiro atoms. The summed E-state index contributed by atoms with van der Waals surface area (Å²) in [5, 5.41) is 3.38. The highest BCUT2D eigenvalue weighted by Crippen LogP contribution is 2.21. The average Bonchev–Trinajstić information content (AvgIpc) is 2.53. The molecule has 0 saturated heterocycles. The number of ether oxygens (including phenoxy) is 1. The van der Waals surface area contributed by atoms with Crippen molar-refractivity contribution in [2.75, 3.05) is 11.0 Å². The van der Waals surface area contributed by atoms with E-state index in [-0.39, 0.29) is 12.5 Å². The van der Waals surface area contributed by atoms with E-state index >= 15 is 0 Å². The Morgan fingerprint density at radius 3 is 2.42 bits per heavy atom. The highest BCUT2D eigenvalue weighted by Gasteiger charge is 2.29. The van der Waals surface area contributed by atoms with E-state index in [2.05, 4.69) is 10.0 Å². The molecule has 140 valence electrons. The van der Waals surface area contributed by atoms with Crippen molar-refractivity contribution in [2.45, 2.75) is 26.0 Å². The van der Waals surface area contributed by atoms with Crippen molar-refractivity contribution in [2.24, 2.45) is 0 Å². The third-order valence-corrected chi connectivity index (χ3v) is 4.28. The Bertz CT molecular complexity index is 880. The van der Waals surface area contributed by atoms with Crippen LogP contribution in [-0.4, -0.2) is 26.2 Å². The van der Waals surface area contributed by atoms with Crippen LogP contribution in [0.15, 0.2) is 48.5 Å². The van der Waals surface area contributed by atoms with Gasteiger partial charge in [-0.15, -0.1) is 0 Å². The maximum atomic E-state index is 12.4. The van der Waals surface area contributed by atoms with Gasteiger partial charge in [0.25, 0.3) is 5.91 Å². The predicted octanol–water partition coefficient (Wildman–Crippen LogP) is 3.19. The molecule has 8 heteroatoms. The van der Waals surface area contributed by atoms with Gasteiger partial charge < -0.3 is 10.1 Å². The van der Waals surface area contributed by atoms with Gasteiger partial charge in [-0.1, -0.05) is 23.7 Å². The lowest BCUT2D eigenvalue weighted by atomic mass is 10.1. The summed E-state index contributed by atoms with van der Waals surface area (Å²) in [5.74, 6) is 0.239. The van der Waals surface area contributed by atoms with Crippen LogP contribution < -0.4 is 14.8 Å². The summed E-state index contributed by atoms with van der Waals surface area (Å²) in [6.45, 7) is 3.57. The Hall–Kier alpha value is -2.25. The fourth-order valence-corrected chi connectivity index (χ4v) is 2.88. The number of hydrogen-bond donors (Lipinski definition) is 2. The Morgan fingerprint density at radius 2 is 1.81 bits per heavy atom. The van der Waals surface area contributed by atoms with Crippen molar-refractivity contribution in [1.29, 1.82) is 0 Å². The molecule has 0 aliphatic rings. The van der Waals surface area contributed by atoms with Crippen LogP contribution >= 0.6 is 11.6 Å². The molecule has 2 N–H and O–H groups in total. The van der Waals surface area contributed by atoms with Crippen LogP contribution in [-0.2, 0) is 21.4 Å². The molecule has 0 unspecified atom stereocenters. The number of rotatable bonds is 7. The van der Waals surface area contributed by atoms with Crippen LogP contribution in [0.25, 0.3) is 0 Å². The SMILES string of the molecule is CC(C)(Oc1ccc(Cl)cc1)C(=O)NCc1cccc(NS(C)(=O)=O)c1. The Labute approximate surface area is 158 Å². The molecule has 0 aliphatic heterocycles. The fraction of sp³-hybridized carbons (Fsp3) is 0.278. The van der Waals surface area contributed by atoms with E-state index in [1.165, 1.54) is 0 Å². The highest BCUT2D eigenvalue weighted by molar-refractivity contribution is 7.92. The number of halogens is 1. The van der Waals surface area contributed by atoms with Gasteiger partial charge in [0.15, 0.2) is 5.60 Å². The third kappa shape index (κ3) is 6.24. The molecular formula is C18H21ClN2O4S. The molecule has 0 aliphatic carbocycles. The van der Waals surface area contributed by atoms with Crippen molar-refractivity contribution in [3.8, 4) is 5.75 Å².